The smallest absolute Gasteiger partial charge is 0.177 e. The Morgan fingerprint density at radius 1 is 1.38 bits per heavy atom. The van der Waals surface area contributed by atoms with E-state index in [0.29, 0.717) is 5.82 Å². The minimum atomic E-state index is -0.292. The van der Waals surface area contributed by atoms with Crippen LogP contribution >= 0.6 is 0 Å². The lowest BCUT2D eigenvalue weighted by molar-refractivity contribution is 0.699. The molecule has 1 aromatic heterocycles. The number of nitrogens with zero attached hydrogens (tertiary/aromatic N) is 3. The van der Waals surface area contributed by atoms with E-state index in [0.717, 1.165) is 11.1 Å². The van der Waals surface area contributed by atoms with Crippen molar-refractivity contribution < 1.29 is 0 Å². The van der Waals surface area contributed by atoms with Crippen molar-refractivity contribution in [3.05, 3.63) is 29.8 Å². The number of hydrogen-bond acceptors (Lipinski definition) is 3. The SMILES string of the molecule is C#CC(C)(C)c1cccc(-c2nn[nH]n2)c1. The molecule has 16 heavy (non-hydrogen) atoms. The highest BCUT2D eigenvalue weighted by Gasteiger charge is 2.17. The molecule has 0 saturated carbocycles. The largest absolute Gasteiger partial charge is 0.204 e. The van der Waals surface area contributed by atoms with E-state index in [9.17, 15) is 0 Å². The monoisotopic (exact) mass is 212 g/mol. The first-order chi connectivity index (χ1) is 7.63. The molecule has 1 N–H and O–H groups in total. The maximum atomic E-state index is 5.51. The van der Waals surface area contributed by atoms with Crippen molar-refractivity contribution in [2.45, 2.75) is 19.3 Å². The van der Waals surface area contributed by atoms with E-state index in [1.165, 1.54) is 0 Å². The van der Waals surface area contributed by atoms with Gasteiger partial charge in [0.25, 0.3) is 0 Å². The van der Waals surface area contributed by atoms with Crippen LogP contribution in [0, 0.1) is 12.3 Å². The third-order valence-corrected chi connectivity index (χ3v) is 2.55. The van der Waals surface area contributed by atoms with Crippen molar-refractivity contribution >= 4 is 0 Å². The summed E-state index contributed by atoms with van der Waals surface area (Å²) in [5, 5.41) is 13.8. The Kier molecular flexibility index (Phi) is 2.45. The second kappa shape index (κ2) is 3.78. The second-order valence-corrected chi connectivity index (χ2v) is 4.09. The van der Waals surface area contributed by atoms with Gasteiger partial charge in [-0.15, -0.1) is 16.6 Å². The van der Waals surface area contributed by atoms with Gasteiger partial charge >= 0.3 is 0 Å². The van der Waals surface area contributed by atoms with Crippen molar-refractivity contribution in [1.29, 1.82) is 0 Å². The van der Waals surface area contributed by atoms with Crippen molar-refractivity contribution in [2.75, 3.05) is 0 Å². The fourth-order valence-electron chi connectivity index (χ4n) is 1.41. The molecule has 2 rings (SSSR count). The van der Waals surface area contributed by atoms with Gasteiger partial charge in [0.1, 0.15) is 0 Å². The normalized spacial score (nSPS) is 11.1. The molecule has 0 spiro atoms. The summed E-state index contributed by atoms with van der Waals surface area (Å²) in [5.74, 6) is 3.34. The fraction of sp³-hybridized carbons (Fsp3) is 0.250. The van der Waals surface area contributed by atoms with Crippen LogP contribution in [-0.4, -0.2) is 20.6 Å². The summed E-state index contributed by atoms with van der Waals surface area (Å²) in [6, 6.07) is 7.87. The Labute approximate surface area is 94.1 Å². The van der Waals surface area contributed by atoms with Gasteiger partial charge in [0.2, 0.25) is 5.82 Å². The van der Waals surface area contributed by atoms with Crippen LogP contribution in [0.5, 0.6) is 0 Å². The summed E-state index contributed by atoms with van der Waals surface area (Å²) in [4.78, 5) is 0. The molecule has 0 aliphatic heterocycles. The van der Waals surface area contributed by atoms with Crippen LogP contribution in [-0.2, 0) is 5.41 Å². The Bertz CT molecular complexity index is 520. The predicted octanol–water partition coefficient (Wildman–Crippen LogP) is 1.78. The van der Waals surface area contributed by atoms with Crippen LogP contribution in [0.1, 0.15) is 19.4 Å². The third kappa shape index (κ3) is 1.80. The predicted molar refractivity (Wildman–Crippen MR) is 61.5 cm³/mol. The molecule has 2 aromatic rings. The molecule has 80 valence electrons. The molecule has 1 aromatic carbocycles. The van der Waals surface area contributed by atoms with Gasteiger partial charge in [0.05, 0.1) is 5.41 Å². The molecule has 0 fully saturated rings. The van der Waals surface area contributed by atoms with Gasteiger partial charge in [0, 0.05) is 5.56 Å². The van der Waals surface area contributed by atoms with E-state index in [1.807, 2.05) is 38.1 Å². The minimum Gasteiger partial charge on any atom is -0.177 e. The molecule has 1 heterocycles. The zero-order valence-corrected chi connectivity index (χ0v) is 9.23. The number of aromatic amines is 1. The summed E-state index contributed by atoms with van der Waals surface area (Å²) >= 11 is 0. The highest BCUT2D eigenvalue weighted by atomic mass is 15.5. The highest BCUT2D eigenvalue weighted by Crippen LogP contribution is 2.25. The number of aromatic nitrogens is 4. The van der Waals surface area contributed by atoms with Crippen LogP contribution in [0.3, 0.4) is 0 Å². The van der Waals surface area contributed by atoms with Crippen molar-refractivity contribution in [1.82, 2.24) is 20.6 Å². The van der Waals surface area contributed by atoms with Gasteiger partial charge in [0.15, 0.2) is 0 Å². The number of hydrogen-bond donors (Lipinski definition) is 1. The van der Waals surface area contributed by atoms with Gasteiger partial charge in [-0.1, -0.05) is 24.1 Å². The Hall–Kier alpha value is -2.15. The lowest BCUT2D eigenvalue weighted by atomic mass is 9.85. The van der Waals surface area contributed by atoms with E-state index in [-0.39, 0.29) is 5.41 Å². The number of tetrazole rings is 1. The molecule has 0 aliphatic rings. The van der Waals surface area contributed by atoms with Crippen LogP contribution < -0.4 is 0 Å². The summed E-state index contributed by atoms with van der Waals surface area (Å²) in [6.07, 6.45) is 5.51. The average molecular weight is 212 g/mol. The number of rotatable bonds is 2. The fourth-order valence-corrected chi connectivity index (χ4v) is 1.41. The minimum absolute atomic E-state index is 0.292. The summed E-state index contributed by atoms with van der Waals surface area (Å²) in [5.41, 5.74) is 1.69. The molecular formula is C12H12N4. The summed E-state index contributed by atoms with van der Waals surface area (Å²) in [6.45, 7) is 4.00. The first kappa shape index (κ1) is 10.4. The molecule has 0 atom stereocenters. The van der Waals surface area contributed by atoms with Crippen LogP contribution in [0.4, 0.5) is 0 Å². The lowest BCUT2D eigenvalue weighted by Crippen LogP contribution is -2.13. The van der Waals surface area contributed by atoms with E-state index in [4.69, 9.17) is 6.42 Å². The molecule has 4 nitrogen and oxygen atoms in total. The Balaban J connectivity index is 2.46. The summed E-state index contributed by atoms with van der Waals surface area (Å²) in [7, 11) is 0. The Morgan fingerprint density at radius 2 is 2.19 bits per heavy atom. The van der Waals surface area contributed by atoms with E-state index < -0.39 is 0 Å². The molecular weight excluding hydrogens is 200 g/mol. The first-order valence-corrected chi connectivity index (χ1v) is 4.95. The molecule has 0 saturated heterocycles. The van der Waals surface area contributed by atoms with Crippen molar-refractivity contribution in [3.63, 3.8) is 0 Å². The number of nitrogens with one attached hydrogen (secondary N) is 1. The molecule has 4 heteroatoms. The van der Waals surface area contributed by atoms with Crippen LogP contribution in [0.25, 0.3) is 11.4 Å². The van der Waals surface area contributed by atoms with Gasteiger partial charge < -0.3 is 0 Å². The Morgan fingerprint density at radius 3 is 2.81 bits per heavy atom. The zero-order valence-electron chi connectivity index (χ0n) is 9.23. The number of terminal acetylenes is 1. The van der Waals surface area contributed by atoms with Crippen molar-refractivity contribution in [2.24, 2.45) is 0 Å². The van der Waals surface area contributed by atoms with Crippen molar-refractivity contribution in [3.8, 4) is 23.7 Å². The molecule has 0 radical (unpaired) electrons. The van der Waals surface area contributed by atoms with Crippen LogP contribution in [0.2, 0.25) is 0 Å². The summed E-state index contributed by atoms with van der Waals surface area (Å²) < 4.78 is 0. The van der Waals surface area contributed by atoms with Crippen LogP contribution in [0.15, 0.2) is 24.3 Å². The average Bonchev–Trinajstić information content (AvgIpc) is 2.83. The number of benzene rings is 1. The van der Waals surface area contributed by atoms with E-state index in [2.05, 4.69) is 26.5 Å². The number of H-pyrrole nitrogens is 1. The molecule has 0 amide bonds. The lowest BCUT2D eigenvalue weighted by Gasteiger charge is -2.18. The van der Waals surface area contributed by atoms with E-state index in [1.54, 1.807) is 0 Å². The van der Waals surface area contributed by atoms with Gasteiger partial charge in [-0.2, -0.15) is 5.21 Å². The maximum Gasteiger partial charge on any atom is 0.204 e. The molecule has 0 unspecified atom stereocenters. The topological polar surface area (TPSA) is 54.5 Å². The molecule has 0 bridgehead atoms. The zero-order chi connectivity index (χ0) is 11.6. The maximum absolute atomic E-state index is 5.51. The first-order valence-electron chi connectivity index (χ1n) is 4.95. The quantitative estimate of drug-likeness (QED) is 0.772. The van der Waals surface area contributed by atoms with E-state index >= 15 is 0 Å². The standard InChI is InChI=1S/C12H12N4/c1-4-12(2,3)10-7-5-6-9(8-10)11-13-15-16-14-11/h1,5-8H,2-3H3,(H,13,14,15,16). The third-order valence-electron chi connectivity index (χ3n) is 2.55. The molecule has 0 aliphatic carbocycles. The highest BCUT2D eigenvalue weighted by molar-refractivity contribution is 5.56. The van der Waals surface area contributed by atoms with Gasteiger partial charge in [-0.05, 0) is 30.7 Å². The second-order valence-electron chi connectivity index (χ2n) is 4.09. The van der Waals surface area contributed by atoms with Gasteiger partial charge in [-0.3, -0.25) is 0 Å². The van der Waals surface area contributed by atoms with Gasteiger partial charge in [-0.25, -0.2) is 0 Å².